The number of pyridine rings is 1. The molecule has 0 radical (unpaired) electrons. The SMILES string of the molecule is CCOc1c(C(C)=O)nc(-c2ccc(NC(=O)Nc3ccc(N4CCN(C)CC4)nc3)cc2)nc1N1CCOCC1. The summed E-state index contributed by atoms with van der Waals surface area (Å²) >= 11 is 0. The van der Waals surface area contributed by atoms with Crippen molar-refractivity contribution < 1.29 is 19.1 Å². The lowest BCUT2D eigenvalue weighted by Crippen LogP contribution is -2.44. The van der Waals surface area contributed by atoms with E-state index in [4.69, 9.17) is 14.5 Å². The smallest absolute Gasteiger partial charge is 0.323 e. The van der Waals surface area contributed by atoms with Gasteiger partial charge in [-0.1, -0.05) is 0 Å². The third-order valence-electron chi connectivity index (χ3n) is 7.01. The molecule has 2 aromatic heterocycles. The highest BCUT2D eigenvalue weighted by Gasteiger charge is 2.25. The maximum atomic E-state index is 12.6. The van der Waals surface area contributed by atoms with Crippen molar-refractivity contribution in [2.45, 2.75) is 13.8 Å². The van der Waals surface area contributed by atoms with E-state index in [0.717, 1.165) is 32.0 Å². The second-order valence-electron chi connectivity index (χ2n) is 9.99. The van der Waals surface area contributed by atoms with Gasteiger partial charge in [0.2, 0.25) is 0 Å². The van der Waals surface area contributed by atoms with Crippen LogP contribution in [0.25, 0.3) is 11.4 Å². The average Bonchev–Trinajstić information content (AvgIpc) is 2.99. The summed E-state index contributed by atoms with van der Waals surface area (Å²) in [6.07, 6.45) is 1.66. The van der Waals surface area contributed by atoms with Crippen LogP contribution in [0, 0.1) is 0 Å². The Labute approximate surface area is 239 Å². The van der Waals surface area contributed by atoms with E-state index in [-0.39, 0.29) is 17.5 Å². The third kappa shape index (κ3) is 6.90. The Kier molecular flexibility index (Phi) is 8.90. The number of morpholine rings is 1. The topological polar surface area (TPSA) is 125 Å². The van der Waals surface area contributed by atoms with E-state index in [0.29, 0.717) is 67.2 Å². The van der Waals surface area contributed by atoms with Gasteiger partial charge in [0, 0.05) is 57.4 Å². The predicted octanol–water partition coefficient (Wildman–Crippen LogP) is 3.37. The zero-order valence-electron chi connectivity index (χ0n) is 23.7. The average molecular weight is 561 g/mol. The summed E-state index contributed by atoms with van der Waals surface area (Å²) in [5.41, 5.74) is 2.15. The van der Waals surface area contributed by atoms with Gasteiger partial charge in [-0.3, -0.25) is 4.79 Å². The van der Waals surface area contributed by atoms with E-state index in [1.54, 1.807) is 18.3 Å². The maximum absolute atomic E-state index is 12.6. The van der Waals surface area contributed by atoms with Gasteiger partial charge in [0.15, 0.2) is 28.9 Å². The van der Waals surface area contributed by atoms with Gasteiger partial charge < -0.3 is 34.8 Å². The number of rotatable bonds is 8. The highest BCUT2D eigenvalue weighted by molar-refractivity contribution is 6.00. The molecule has 0 unspecified atom stereocenters. The van der Waals surface area contributed by atoms with Gasteiger partial charge >= 0.3 is 6.03 Å². The van der Waals surface area contributed by atoms with Crippen molar-refractivity contribution in [2.75, 3.05) is 86.6 Å². The first kappa shape index (κ1) is 28.2. The van der Waals surface area contributed by atoms with Crippen LogP contribution in [-0.2, 0) is 4.74 Å². The largest absolute Gasteiger partial charge is 0.488 e. The third-order valence-corrected chi connectivity index (χ3v) is 7.01. The Hall–Kier alpha value is -4.29. The molecule has 2 aliphatic rings. The summed E-state index contributed by atoms with van der Waals surface area (Å²) in [6.45, 7) is 10.00. The highest BCUT2D eigenvalue weighted by Crippen LogP contribution is 2.33. The molecule has 2 saturated heterocycles. The Morgan fingerprint density at radius 3 is 2.22 bits per heavy atom. The van der Waals surface area contributed by atoms with Gasteiger partial charge in [-0.15, -0.1) is 0 Å². The monoisotopic (exact) mass is 560 g/mol. The molecule has 0 bridgehead atoms. The molecule has 0 saturated carbocycles. The van der Waals surface area contributed by atoms with Crippen molar-refractivity contribution in [2.24, 2.45) is 0 Å². The Bertz CT molecular complexity index is 1350. The lowest BCUT2D eigenvalue weighted by molar-refractivity contribution is 0.100. The van der Waals surface area contributed by atoms with Crippen LogP contribution in [0.2, 0.25) is 0 Å². The van der Waals surface area contributed by atoms with E-state index in [2.05, 4.69) is 42.3 Å². The quantitative estimate of drug-likeness (QED) is 0.396. The number of nitrogens with zero attached hydrogens (tertiary/aromatic N) is 6. The summed E-state index contributed by atoms with van der Waals surface area (Å²) in [5.74, 6) is 2.09. The van der Waals surface area contributed by atoms with Gasteiger partial charge in [-0.05, 0) is 50.4 Å². The minimum Gasteiger partial charge on any atom is -0.488 e. The van der Waals surface area contributed by atoms with Crippen LogP contribution in [0.5, 0.6) is 5.75 Å². The normalized spacial score (nSPS) is 15.9. The first-order chi connectivity index (χ1) is 19.9. The van der Waals surface area contributed by atoms with Gasteiger partial charge in [0.1, 0.15) is 5.82 Å². The molecule has 216 valence electrons. The van der Waals surface area contributed by atoms with Crippen LogP contribution < -0.4 is 25.2 Å². The van der Waals surface area contributed by atoms with Crippen LogP contribution in [-0.4, -0.2) is 97.8 Å². The van der Waals surface area contributed by atoms with Crippen molar-refractivity contribution >= 4 is 34.8 Å². The number of carbonyl (C=O) groups excluding carboxylic acids is 2. The Morgan fingerprint density at radius 2 is 1.59 bits per heavy atom. The summed E-state index contributed by atoms with van der Waals surface area (Å²) in [6, 6.07) is 10.6. The van der Waals surface area contributed by atoms with Gasteiger partial charge in [-0.2, -0.15) is 0 Å². The number of piperazine rings is 1. The number of nitrogens with one attached hydrogen (secondary N) is 2. The number of hydrogen-bond donors (Lipinski definition) is 2. The summed E-state index contributed by atoms with van der Waals surface area (Å²) in [4.78, 5) is 45.6. The van der Waals surface area contributed by atoms with E-state index < -0.39 is 0 Å². The van der Waals surface area contributed by atoms with Crippen LogP contribution in [0.3, 0.4) is 0 Å². The minimum absolute atomic E-state index is 0.201. The van der Waals surface area contributed by atoms with Crippen molar-refractivity contribution in [3.63, 3.8) is 0 Å². The fourth-order valence-electron chi connectivity index (χ4n) is 4.75. The molecule has 5 rings (SSSR count). The number of Topliss-reactive ketones (excluding diaryl/α,β-unsaturated/α-hetero) is 1. The van der Waals surface area contributed by atoms with E-state index in [1.807, 2.05) is 31.2 Å². The number of benzene rings is 1. The number of likely N-dealkylation sites (N-methyl/N-ethyl adjacent to an activating group) is 1. The molecule has 4 heterocycles. The van der Waals surface area contributed by atoms with Gasteiger partial charge in [0.05, 0.1) is 31.7 Å². The fraction of sp³-hybridized carbons (Fsp3) is 0.414. The lowest BCUT2D eigenvalue weighted by Gasteiger charge is -2.33. The van der Waals surface area contributed by atoms with Crippen molar-refractivity contribution in [3.8, 4) is 17.1 Å². The van der Waals surface area contributed by atoms with Gasteiger partial charge in [-0.25, -0.2) is 19.7 Å². The van der Waals surface area contributed by atoms with Crippen molar-refractivity contribution in [1.82, 2.24) is 19.9 Å². The molecule has 0 atom stereocenters. The molecule has 1 aromatic carbocycles. The molecule has 41 heavy (non-hydrogen) atoms. The summed E-state index contributed by atoms with van der Waals surface area (Å²) < 4.78 is 11.3. The highest BCUT2D eigenvalue weighted by atomic mass is 16.5. The molecule has 2 amide bonds. The fourth-order valence-corrected chi connectivity index (χ4v) is 4.75. The summed E-state index contributed by atoms with van der Waals surface area (Å²) in [5, 5.41) is 5.66. The van der Waals surface area contributed by atoms with E-state index in [1.165, 1.54) is 6.92 Å². The van der Waals surface area contributed by atoms with Crippen LogP contribution in [0.15, 0.2) is 42.6 Å². The predicted molar refractivity (Wildman–Crippen MR) is 158 cm³/mol. The molecule has 12 heteroatoms. The minimum atomic E-state index is -0.377. The second kappa shape index (κ2) is 12.9. The molecule has 3 aromatic rings. The second-order valence-corrected chi connectivity index (χ2v) is 9.99. The Balaban J connectivity index is 1.27. The van der Waals surface area contributed by atoms with E-state index >= 15 is 0 Å². The molecule has 0 aliphatic carbocycles. The molecular weight excluding hydrogens is 524 g/mol. The zero-order valence-corrected chi connectivity index (χ0v) is 23.7. The number of amides is 2. The van der Waals surface area contributed by atoms with E-state index in [9.17, 15) is 9.59 Å². The molecule has 2 fully saturated rings. The molecular formula is C29H36N8O4. The molecule has 12 nitrogen and oxygen atoms in total. The number of ether oxygens (including phenoxy) is 2. The number of urea groups is 1. The van der Waals surface area contributed by atoms with Crippen LogP contribution in [0.4, 0.5) is 27.8 Å². The molecule has 0 spiro atoms. The standard InChI is InChI=1S/C29H36N8O4/c1-4-41-26-25(20(2)38)33-27(34-28(26)37-15-17-40-18-16-37)21-5-7-22(8-6-21)31-29(39)32-23-9-10-24(30-19-23)36-13-11-35(3)12-14-36/h5-10,19H,4,11-18H2,1-3H3,(H2,31,32,39). The first-order valence-corrected chi connectivity index (χ1v) is 13.9. The zero-order chi connectivity index (χ0) is 28.8. The number of aromatic nitrogens is 3. The number of anilines is 4. The molecule has 2 N–H and O–H groups in total. The van der Waals surface area contributed by atoms with Crippen LogP contribution >= 0.6 is 0 Å². The first-order valence-electron chi connectivity index (χ1n) is 13.9. The number of ketones is 1. The van der Waals surface area contributed by atoms with Crippen molar-refractivity contribution in [1.29, 1.82) is 0 Å². The Morgan fingerprint density at radius 1 is 0.902 bits per heavy atom. The van der Waals surface area contributed by atoms with Crippen LogP contribution in [0.1, 0.15) is 24.3 Å². The molecule has 2 aliphatic heterocycles. The number of carbonyl (C=O) groups is 2. The maximum Gasteiger partial charge on any atom is 0.323 e. The van der Waals surface area contributed by atoms with Gasteiger partial charge in [0.25, 0.3) is 0 Å². The summed E-state index contributed by atoms with van der Waals surface area (Å²) in [7, 11) is 2.12. The van der Waals surface area contributed by atoms with Crippen molar-refractivity contribution in [3.05, 3.63) is 48.3 Å². The lowest BCUT2D eigenvalue weighted by atomic mass is 10.1. The number of hydrogen-bond acceptors (Lipinski definition) is 10.